The second kappa shape index (κ2) is 13.1. The van der Waals surface area contributed by atoms with Crippen LogP contribution in [0.25, 0.3) is 0 Å². The van der Waals surface area contributed by atoms with E-state index in [1.165, 1.54) is 38.5 Å². The maximum Gasteiger partial charge on any atom is 0.306 e. The third kappa shape index (κ3) is 13.6. The number of hydrogen-bond acceptors (Lipinski definition) is 3. The summed E-state index contributed by atoms with van der Waals surface area (Å²) >= 11 is 0. The minimum absolute atomic E-state index is 0.150. The highest BCUT2D eigenvalue weighted by Gasteiger charge is 2.09. The van der Waals surface area contributed by atoms with Crippen molar-refractivity contribution < 1.29 is 14.3 Å². The van der Waals surface area contributed by atoms with Gasteiger partial charge < -0.3 is 4.74 Å². The number of hydrogen-bond donors (Lipinski definition) is 0. The Balaban J connectivity index is 3.34. The predicted molar refractivity (Wildman–Crippen MR) is 82.1 cm³/mol. The second-order valence-electron chi connectivity index (χ2n) is 5.38. The lowest BCUT2D eigenvalue weighted by Crippen LogP contribution is -2.13. The van der Waals surface area contributed by atoms with Crippen molar-refractivity contribution in [2.24, 2.45) is 0 Å². The van der Waals surface area contributed by atoms with Crippen LogP contribution in [0.15, 0.2) is 0 Å². The highest BCUT2D eigenvalue weighted by atomic mass is 16.5. The van der Waals surface area contributed by atoms with Gasteiger partial charge in [-0.3, -0.25) is 9.59 Å². The summed E-state index contributed by atoms with van der Waals surface area (Å²) in [4.78, 5) is 22.8. The van der Waals surface area contributed by atoms with Crippen LogP contribution in [-0.2, 0) is 14.3 Å². The van der Waals surface area contributed by atoms with Gasteiger partial charge in [-0.05, 0) is 20.3 Å². The first kappa shape index (κ1) is 19.1. The summed E-state index contributed by atoms with van der Waals surface area (Å²) in [5.41, 5.74) is 0. The fraction of sp³-hybridized carbons (Fsp3) is 0.765. The fourth-order valence-electron chi connectivity index (χ4n) is 2.07. The number of Topliss-reactive ketones (excluding diaryl/α,β-unsaturated/α-hetero) is 1. The van der Waals surface area contributed by atoms with E-state index in [4.69, 9.17) is 4.74 Å². The molecular weight excluding hydrogens is 252 g/mol. The number of rotatable bonds is 13. The number of ether oxygens (including phenoxy) is 1. The molecule has 116 valence electrons. The third-order valence-corrected chi connectivity index (χ3v) is 3.22. The van der Waals surface area contributed by atoms with Crippen molar-refractivity contribution in [2.45, 2.75) is 83.7 Å². The summed E-state index contributed by atoms with van der Waals surface area (Å²) < 4.78 is 4.78. The molecule has 0 spiro atoms. The van der Waals surface area contributed by atoms with Crippen molar-refractivity contribution in [3.05, 3.63) is 13.8 Å². The van der Waals surface area contributed by atoms with Gasteiger partial charge in [0.05, 0.1) is 6.42 Å². The van der Waals surface area contributed by atoms with Crippen LogP contribution in [0.5, 0.6) is 0 Å². The molecule has 0 aliphatic heterocycles. The van der Waals surface area contributed by atoms with E-state index in [1.807, 2.05) is 0 Å². The van der Waals surface area contributed by atoms with Crippen molar-refractivity contribution in [3.63, 3.8) is 0 Å². The van der Waals surface area contributed by atoms with Gasteiger partial charge in [0.2, 0.25) is 0 Å². The highest BCUT2D eigenvalue weighted by molar-refractivity contribution is 5.82. The van der Waals surface area contributed by atoms with E-state index in [0.717, 1.165) is 12.8 Å². The molecule has 0 aromatic carbocycles. The lowest BCUT2D eigenvalue weighted by atomic mass is 10.0. The molecule has 0 saturated carbocycles. The van der Waals surface area contributed by atoms with Crippen LogP contribution in [0, 0.1) is 13.8 Å². The van der Waals surface area contributed by atoms with Gasteiger partial charge in [0, 0.05) is 12.8 Å². The smallest absolute Gasteiger partial charge is 0.306 e. The summed E-state index contributed by atoms with van der Waals surface area (Å²) in [5.74, 6) is -0.234. The van der Waals surface area contributed by atoms with Crippen LogP contribution in [-0.4, -0.2) is 17.9 Å². The Morgan fingerprint density at radius 1 is 0.850 bits per heavy atom. The van der Waals surface area contributed by atoms with Crippen LogP contribution < -0.4 is 0 Å². The lowest BCUT2D eigenvalue weighted by Gasteiger charge is -2.07. The van der Waals surface area contributed by atoms with Gasteiger partial charge in [-0.1, -0.05) is 51.9 Å². The molecule has 3 heteroatoms. The zero-order valence-corrected chi connectivity index (χ0v) is 13.0. The molecule has 0 N–H and O–H groups in total. The third-order valence-electron chi connectivity index (χ3n) is 3.22. The zero-order chi connectivity index (χ0) is 15.2. The van der Waals surface area contributed by atoms with E-state index in [9.17, 15) is 9.59 Å². The topological polar surface area (TPSA) is 43.4 Å². The van der Waals surface area contributed by atoms with Gasteiger partial charge in [0.1, 0.15) is 11.9 Å². The highest BCUT2D eigenvalue weighted by Crippen LogP contribution is 2.10. The summed E-state index contributed by atoms with van der Waals surface area (Å²) in [6.45, 7) is 9.14. The molecule has 0 aliphatic rings. The predicted octanol–water partition coefficient (Wildman–Crippen LogP) is 4.45. The standard InChI is InChI=1S/C17H30O3/c1-4-5-6-7-8-9-10-11-12-16(18)13-14-17(19)20-15(2)3/h15H,2-14H2,1H3. The molecule has 0 aliphatic carbocycles. The molecule has 3 nitrogen and oxygen atoms in total. The largest absolute Gasteiger partial charge is 0.462 e. The monoisotopic (exact) mass is 282 g/mol. The molecule has 0 aromatic rings. The van der Waals surface area contributed by atoms with E-state index < -0.39 is 6.10 Å². The summed E-state index contributed by atoms with van der Waals surface area (Å²) in [6, 6.07) is 0. The molecule has 0 heterocycles. The Hall–Kier alpha value is -0.860. The first-order valence-corrected chi connectivity index (χ1v) is 7.93. The molecule has 0 bridgehead atoms. The average Bonchev–Trinajstić information content (AvgIpc) is 2.38. The molecule has 0 rings (SSSR count). The molecule has 0 saturated heterocycles. The lowest BCUT2D eigenvalue weighted by molar-refractivity contribution is -0.146. The van der Waals surface area contributed by atoms with Gasteiger partial charge in [-0.2, -0.15) is 0 Å². The quantitative estimate of drug-likeness (QED) is 0.370. The van der Waals surface area contributed by atoms with E-state index in [1.54, 1.807) is 0 Å². The van der Waals surface area contributed by atoms with Crippen molar-refractivity contribution in [1.29, 1.82) is 0 Å². The zero-order valence-electron chi connectivity index (χ0n) is 13.0. The van der Waals surface area contributed by atoms with Crippen LogP contribution in [0.3, 0.4) is 0 Å². The molecule has 2 radical (unpaired) electrons. The summed E-state index contributed by atoms with van der Waals surface area (Å²) in [7, 11) is 0. The number of unbranched alkanes of at least 4 members (excludes halogenated alkanes) is 7. The van der Waals surface area contributed by atoms with Crippen LogP contribution in [0.2, 0.25) is 0 Å². The van der Waals surface area contributed by atoms with Crippen LogP contribution in [0.4, 0.5) is 0 Å². The molecule has 0 atom stereocenters. The van der Waals surface area contributed by atoms with Gasteiger partial charge in [0.15, 0.2) is 0 Å². The number of ketones is 1. The van der Waals surface area contributed by atoms with Crippen molar-refractivity contribution in [2.75, 3.05) is 0 Å². The summed E-state index contributed by atoms with van der Waals surface area (Å²) in [5, 5.41) is 0. The van der Waals surface area contributed by atoms with Gasteiger partial charge >= 0.3 is 5.97 Å². The number of carbonyl (C=O) groups is 2. The van der Waals surface area contributed by atoms with E-state index in [2.05, 4.69) is 20.8 Å². The van der Waals surface area contributed by atoms with Crippen molar-refractivity contribution in [1.82, 2.24) is 0 Å². The molecule has 0 fully saturated rings. The van der Waals surface area contributed by atoms with Crippen molar-refractivity contribution in [3.8, 4) is 0 Å². The SMILES string of the molecule is [CH2]C([CH2])OC(=O)CCC(=O)CCCCCCCCCC. The first-order chi connectivity index (χ1) is 9.56. The maximum atomic E-state index is 11.6. The summed E-state index contributed by atoms with van der Waals surface area (Å²) in [6.07, 6.45) is 10.2. The minimum atomic E-state index is -0.592. The average molecular weight is 282 g/mol. The fourth-order valence-corrected chi connectivity index (χ4v) is 2.07. The van der Waals surface area contributed by atoms with Crippen LogP contribution >= 0.6 is 0 Å². The van der Waals surface area contributed by atoms with Gasteiger partial charge in [-0.25, -0.2) is 0 Å². The Kier molecular flexibility index (Phi) is 12.6. The molecule has 0 unspecified atom stereocenters. The van der Waals surface area contributed by atoms with E-state index >= 15 is 0 Å². The van der Waals surface area contributed by atoms with E-state index in [-0.39, 0.29) is 24.6 Å². The van der Waals surface area contributed by atoms with Gasteiger partial charge in [0.25, 0.3) is 0 Å². The minimum Gasteiger partial charge on any atom is -0.462 e. The molecular formula is C17H30O3. The Morgan fingerprint density at radius 2 is 1.40 bits per heavy atom. The number of carbonyl (C=O) groups excluding carboxylic acids is 2. The van der Waals surface area contributed by atoms with Crippen molar-refractivity contribution >= 4 is 11.8 Å². The second-order valence-corrected chi connectivity index (χ2v) is 5.38. The number of esters is 1. The molecule has 0 aromatic heterocycles. The Morgan fingerprint density at radius 3 is 1.95 bits per heavy atom. The molecule has 0 amide bonds. The Labute approximate surface area is 124 Å². The van der Waals surface area contributed by atoms with E-state index in [0.29, 0.717) is 6.42 Å². The maximum absolute atomic E-state index is 11.6. The first-order valence-electron chi connectivity index (χ1n) is 7.93. The normalized spacial score (nSPS) is 10.8. The Bertz CT molecular complexity index is 259. The molecule has 20 heavy (non-hydrogen) atoms. The van der Waals surface area contributed by atoms with Gasteiger partial charge in [-0.15, -0.1) is 0 Å². The van der Waals surface area contributed by atoms with Crippen LogP contribution in [0.1, 0.15) is 77.6 Å².